The molecule has 1 aromatic heterocycles. The van der Waals surface area contributed by atoms with Gasteiger partial charge in [0.15, 0.2) is 5.75 Å². The second-order valence-electron chi connectivity index (χ2n) is 5.65. The van der Waals surface area contributed by atoms with Crippen molar-refractivity contribution in [3.05, 3.63) is 17.7 Å². The van der Waals surface area contributed by atoms with E-state index in [9.17, 15) is 0 Å². The molecular formula is C15H26N4O. The molecule has 20 heavy (non-hydrogen) atoms. The summed E-state index contributed by atoms with van der Waals surface area (Å²) in [5.41, 5.74) is 6.56. The van der Waals surface area contributed by atoms with E-state index in [0.29, 0.717) is 19.1 Å². The zero-order chi connectivity index (χ0) is 14.4. The van der Waals surface area contributed by atoms with E-state index in [1.54, 1.807) is 6.20 Å². The van der Waals surface area contributed by atoms with Gasteiger partial charge in [-0.05, 0) is 25.9 Å². The molecule has 0 bridgehead atoms. The molecule has 112 valence electrons. The molecule has 2 heterocycles. The van der Waals surface area contributed by atoms with Crippen LogP contribution in [-0.4, -0.2) is 41.1 Å². The first-order valence-corrected chi connectivity index (χ1v) is 7.61. The van der Waals surface area contributed by atoms with Gasteiger partial charge in [0.25, 0.3) is 0 Å². The maximum atomic E-state index is 5.82. The highest BCUT2D eigenvalue weighted by atomic mass is 16.5. The van der Waals surface area contributed by atoms with Crippen LogP contribution in [0.3, 0.4) is 0 Å². The molecule has 2 rings (SSSR count). The summed E-state index contributed by atoms with van der Waals surface area (Å²) >= 11 is 0. The van der Waals surface area contributed by atoms with Crippen LogP contribution in [0.4, 0.5) is 0 Å². The number of ether oxygens (including phenoxy) is 1. The van der Waals surface area contributed by atoms with Gasteiger partial charge in [-0.3, -0.25) is 4.90 Å². The minimum atomic E-state index is 0.308. The van der Waals surface area contributed by atoms with Gasteiger partial charge in [-0.1, -0.05) is 20.3 Å². The highest BCUT2D eigenvalue weighted by Gasteiger charge is 2.12. The number of nitrogens with two attached hydrogens (primary N) is 1. The molecule has 1 aliphatic heterocycles. The van der Waals surface area contributed by atoms with Crippen molar-refractivity contribution in [1.29, 1.82) is 0 Å². The molecular weight excluding hydrogens is 252 g/mol. The summed E-state index contributed by atoms with van der Waals surface area (Å²) in [5, 5.41) is 0. The number of piperidine rings is 1. The summed E-state index contributed by atoms with van der Waals surface area (Å²) in [6, 6.07) is 0. The fourth-order valence-electron chi connectivity index (χ4n) is 2.43. The Kier molecular flexibility index (Phi) is 5.73. The number of aromatic nitrogens is 2. The van der Waals surface area contributed by atoms with Crippen LogP contribution in [0.5, 0.6) is 5.75 Å². The van der Waals surface area contributed by atoms with Crippen LogP contribution in [-0.2, 0) is 6.54 Å². The average Bonchev–Trinajstić information content (AvgIpc) is 2.48. The Balaban J connectivity index is 1.88. The molecule has 0 radical (unpaired) electrons. The molecule has 0 amide bonds. The Bertz CT molecular complexity index is 416. The third-order valence-corrected chi connectivity index (χ3v) is 3.67. The first-order valence-electron chi connectivity index (χ1n) is 7.61. The quantitative estimate of drug-likeness (QED) is 0.861. The van der Waals surface area contributed by atoms with Crippen molar-refractivity contribution in [3.8, 4) is 5.75 Å². The van der Waals surface area contributed by atoms with E-state index in [2.05, 4.69) is 28.7 Å². The second-order valence-corrected chi connectivity index (χ2v) is 5.65. The van der Waals surface area contributed by atoms with Gasteiger partial charge in [-0.2, -0.15) is 0 Å². The van der Waals surface area contributed by atoms with Gasteiger partial charge in [0.2, 0.25) is 0 Å². The summed E-state index contributed by atoms with van der Waals surface area (Å²) < 4.78 is 5.82. The van der Waals surface area contributed by atoms with Crippen molar-refractivity contribution in [2.45, 2.75) is 45.6 Å². The molecule has 1 aliphatic rings. The van der Waals surface area contributed by atoms with E-state index >= 15 is 0 Å². The van der Waals surface area contributed by atoms with Gasteiger partial charge >= 0.3 is 0 Å². The third kappa shape index (κ3) is 4.15. The van der Waals surface area contributed by atoms with Crippen molar-refractivity contribution in [3.63, 3.8) is 0 Å². The number of likely N-dealkylation sites (tertiary alicyclic amines) is 1. The number of hydrogen-bond acceptors (Lipinski definition) is 5. The molecule has 1 fully saturated rings. The Morgan fingerprint density at radius 2 is 2.05 bits per heavy atom. The summed E-state index contributed by atoms with van der Waals surface area (Å²) in [6.07, 6.45) is 5.74. The smallest absolute Gasteiger partial charge is 0.160 e. The topological polar surface area (TPSA) is 64.3 Å². The highest BCUT2D eigenvalue weighted by molar-refractivity contribution is 5.25. The van der Waals surface area contributed by atoms with E-state index < -0.39 is 0 Å². The van der Waals surface area contributed by atoms with E-state index in [1.807, 2.05) is 0 Å². The van der Waals surface area contributed by atoms with E-state index in [-0.39, 0.29) is 0 Å². The van der Waals surface area contributed by atoms with Crippen molar-refractivity contribution < 1.29 is 4.74 Å². The van der Waals surface area contributed by atoms with Crippen molar-refractivity contribution in [2.75, 3.05) is 26.2 Å². The van der Waals surface area contributed by atoms with Gasteiger partial charge < -0.3 is 10.5 Å². The molecule has 2 N–H and O–H groups in total. The summed E-state index contributed by atoms with van der Waals surface area (Å²) in [4.78, 5) is 11.3. The maximum Gasteiger partial charge on any atom is 0.160 e. The van der Waals surface area contributed by atoms with Crippen molar-refractivity contribution in [1.82, 2.24) is 14.9 Å². The first-order chi connectivity index (χ1) is 9.70. The van der Waals surface area contributed by atoms with Crippen LogP contribution in [0.1, 0.15) is 50.5 Å². The summed E-state index contributed by atoms with van der Waals surface area (Å²) in [5.74, 6) is 1.87. The number of hydrogen-bond donors (Lipinski definition) is 1. The van der Waals surface area contributed by atoms with E-state index in [0.717, 1.165) is 23.8 Å². The van der Waals surface area contributed by atoms with Gasteiger partial charge in [-0.15, -0.1) is 0 Å². The SMILES string of the molecule is CC(C)c1ncc(OCCN2CCCCC2)c(CN)n1. The Hall–Kier alpha value is -1.20. The molecule has 0 spiro atoms. The van der Waals surface area contributed by atoms with Crippen molar-refractivity contribution >= 4 is 0 Å². The zero-order valence-corrected chi connectivity index (χ0v) is 12.6. The van der Waals surface area contributed by atoms with Gasteiger partial charge in [0.1, 0.15) is 12.4 Å². The van der Waals surface area contributed by atoms with Crippen molar-refractivity contribution in [2.24, 2.45) is 5.73 Å². The van der Waals surface area contributed by atoms with E-state index in [1.165, 1.54) is 32.4 Å². The van der Waals surface area contributed by atoms with Gasteiger partial charge in [-0.25, -0.2) is 9.97 Å². The zero-order valence-electron chi connectivity index (χ0n) is 12.6. The molecule has 0 aliphatic carbocycles. The summed E-state index contributed by atoms with van der Waals surface area (Å²) in [6.45, 7) is 8.57. The van der Waals surface area contributed by atoms with Crippen LogP contribution in [0.25, 0.3) is 0 Å². The molecule has 5 heteroatoms. The van der Waals surface area contributed by atoms with Crippen LogP contribution >= 0.6 is 0 Å². The lowest BCUT2D eigenvalue weighted by Gasteiger charge is -2.26. The van der Waals surface area contributed by atoms with Crippen LogP contribution in [0, 0.1) is 0 Å². The van der Waals surface area contributed by atoms with Gasteiger partial charge in [0, 0.05) is 19.0 Å². The monoisotopic (exact) mass is 278 g/mol. The Labute approximate surface area is 121 Å². The predicted molar refractivity (Wildman–Crippen MR) is 79.8 cm³/mol. The largest absolute Gasteiger partial charge is 0.489 e. The maximum absolute atomic E-state index is 5.82. The molecule has 0 atom stereocenters. The van der Waals surface area contributed by atoms with Gasteiger partial charge in [0.05, 0.1) is 11.9 Å². The third-order valence-electron chi connectivity index (χ3n) is 3.67. The molecule has 0 saturated carbocycles. The molecule has 1 aromatic rings. The normalized spacial score (nSPS) is 16.6. The summed E-state index contributed by atoms with van der Waals surface area (Å²) in [7, 11) is 0. The lowest BCUT2D eigenvalue weighted by molar-refractivity contribution is 0.182. The molecule has 5 nitrogen and oxygen atoms in total. The van der Waals surface area contributed by atoms with Crippen LogP contribution in [0.15, 0.2) is 6.20 Å². The molecule has 1 saturated heterocycles. The highest BCUT2D eigenvalue weighted by Crippen LogP contribution is 2.18. The molecule has 0 unspecified atom stereocenters. The fraction of sp³-hybridized carbons (Fsp3) is 0.733. The Morgan fingerprint density at radius 1 is 1.30 bits per heavy atom. The lowest BCUT2D eigenvalue weighted by Crippen LogP contribution is -2.33. The first kappa shape index (κ1) is 15.2. The van der Waals surface area contributed by atoms with Crippen LogP contribution in [0.2, 0.25) is 0 Å². The average molecular weight is 278 g/mol. The minimum absolute atomic E-state index is 0.308. The fourth-order valence-corrected chi connectivity index (χ4v) is 2.43. The predicted octanol–water partition coefficient (Wildman–Crippen LogP) is 1.92. The number of rotatable bonds is 6. The van der Waals surface area contributed by atoms with Crippen LogP contribution < -0.4 is 10.5 Å². The Morgan fingerprint density at radius 3 is 2.70 bits per heavy atom. The second kappa shape index (κ2) is 7.55. The van der Waals surface area contributed by atoms with E-state index in [4.69, 9.17) is 10.5 Å². The minimum Gasteiger partial charge on any atom is -0.489 e. The lowest BCUT2D eigenvalue weighted by atomic mass is 10.1. The standard InChI is InChI=1S/C15H26N4O/c1-12(2)15-17-11-14(13(10-16)18-15)20-9-8-19-6-4-3-5-7-19/h11-12H,3-10,16H2,1-2H3. The molecule has 0 aromatic carbocycles. The number of nitrogens with zero attached hydrogens (tertiary/aromatic N) is 3.